The smallest absolute Gasteiger partial charge is 0.179 e. The number of ketones is 2. The van der Waals surface area contributed by atoms with E-state index < -0.39 is 15.8 Å². The second-order valence-electron chi connectivity index (χ2n) is 7.32. The SMILES string of the molecule is O=C1CCCC(Sc2ccc(O)cc2)C1C(=O)c1ccc2c(c1Cl)CCS2(=O)=O. The van der Waals surface area contributed by atoms with Crippen LogP contribution in [0.15, 0.2) is 46.2 Å². The Kier molecular flexibility index (Phi) is 5.48. The van der Waals surface area contributed by atoms with Gasteiger partial charge in [-0.05, 0) is 61.2 Å². The Balaban J connectivity index is 1.66. The van der Waals surface area contributed by atoms with Gasteiger partial charge < -0.3 is 5.11 Å². The number of phenols is 1. The zero-order valence-electron chi connectivity index (χ0n) is 15.4. The van der Waals surface area contributed by atoms with Crippen LogP contribution in [-0.4, -0.2) is 36.1 Å². The molecule has 5 nitrogen and oxygen atoms in total. The van der Waals surface area contributed by atoms with Crippen molar-refractivity contribution in [3.63, 3.8) is 0 Å². The maximum atomic E-state index is 13.3. The molecular formula is C21H19ClO5S2. The first-order valence-electron chi connectivity index (χ1n) is 9.34. The van der Waals surface area contributed by atoms with Crippen molar-refractivity contribution in [3.05, 3.63) is 52.5 Å². The van der Waals surface area contributed by atoms with Crippen LogP contribution in [0.4, 0.5) is 0 Å². The Bertz CT molecular complexity index is 1090. The van der Waals surface area contributed by atoms with E-state index in [0.717, 1.165) is 4.90 Å². The maximum Gasteiger partial charge on any atom is 0.179 e. The Morgan fingerprint density at radius 3 is 2.55 bits per heavy atom. The Labute approximate surface area is 178 Å². The third kappa shape index (κ3) is 3.83. The summed E-state index contributed by atoms with van der Waals surface area (Å²) in [6, 6.07) is 9.54. The van der Waals surface area contributed by atoms with E-state index in [9.17, 15) is 23.1 Å². The highest BCUT2D eigenvalue weighted by Gasteiger charge is 2.40. The second-order valence-corrected chi connectivity index (χ2v) is 11.1. The van der Waals surface area contributed by atoms with Crippen LogP contribution >= 0.6 is 23.4 Å². The van der Waals surface area contributed by atoms with Crippen LogP contribution in [0.5, 0.6) is 5.75 Å². The van der Waals surface area contributed by atoms with Crippen LogP contribution in [0.2, 0.25) is 5.02 Å². The normalized spacial score (nSPS) is 23.0. The lowest BCUT2D eigenvalue weighted by molar-refractivity contribution is -0.122. The van der Waals surface area contributed by atoms with Gasteiger partial charge in [-0.2, -0.15) is 0 Å². The molecule has 2 aromatic carbocycles. The van der Waals surface area contributed by atoms with E-state index in [1.165, 1.54) is 23.9 Å². The molecule has 1 aliphatic heterocycles. The highest BCUT2D eigenvalue weighted by Crippen LogP contribution is 2.40. The summed E-state index contributed by atoms with van der Waals surface area (Å²) in [6.07, 6.45) is 2.06. The van der Waals surface area contributed by atoms with Gasteiger partial charge in [0.1, 0.15) is 11.5 Å². The van der Waals surface area contributed by atoms with Crippen molar-refractivity contribution < 1.29 is 23.1 Å². The minimum absolute atomic E-state index is 0.0125. The van der Waals surface area contributed by atoms with E-state index in [-0.39, 0.29) is 50.2 Å². The molecule has 29 heavy (non-hydrogen) atoms. The van der Waals surface area contributed by atoms with Crippen LogP contribution in [0.3, 0.4) is 0 Å². The fourth-order valence-electron chi connectivity index (χ4n) is 3.98. The topological polar surface area (TPSA) is 88.5 Å². The first kappa shape index (κ1) is 20.4. The quantitative estimate of drug-likeness (QED) is 0.557. The molecule has 2 atom stereocenters. The van der Waals surface area contributed by atoms with E-state index in [2.05, 4.69) is 0 Å². The van der Waals surface area contributed by atoms with Crippen molar-refractivity contribution in [1.82, 2.24) is 0 Å². The van der Waals surface area contributed by atoms with Crippen molar-refractivity contribution in [2.45, 2.75) is 40.7 Å². The van der Waals surface area contributed by atoms with E-state index in [4.69, 9.17) is 11.6 Å². The average Bonchev–Trinajstić information content (AvgIpc) is 2.99. The molecule has 1 N–H and O–H groups in total. The minimum Gasteiger partial charge on any atom is -0.508 e. The van der Waals surface area contributed by atoms with Gasteiger partial charge in [-0.3, -0.25) is 9.59 Å². The Morgan fingerprint density at radius 2 is 1.83 bits per heavy atom. The summed E-state index contributed by atoms with van der Waals surface area (Å²) < 4.78 is 24.2. The predicted octanol–water partition coefficient (Wildman–Crippen LogP) is 4.09. The third-order valence-corrected chi connectivity index (χ3v) is 9.04. The molecule has 0 spiro atoms. The number of hydrogen-bond donors (Lipinski definition) is 1. The van der Waals surface area contributed by atoms with Gasteiger partial charge in [-0.25, -0.2) is 8.42 Å². The van der Waals surface area contributed by atoms with Crippen molar-refractivity contribution >= 4 is 44.8 Å². The third-order valence-electron chi connectivity index (χ3n) is 5.46. The summed E-state index contributed by atoms with van der Waals surface area (Å²) in [7, 11) is -3.35. The number of fused-ring (bicyclic) bond motifs is 1. The predicted molar refractivity (Wildman–Crippen MR) is 112 cm³/mol. The summed E-state index contributed by atoms with van der Waals surface area (Å²) in [5, 5.41) is 9.38. The van der Waals surface area contributed by atoms with Crippen LogP contribution in [0, 0.1) is 5.92 Å². The molecule has 0 radical (unpaired) electrons. The highest BCUT2D eigenvalue weighted by molar-refractivity contribution is 8.00. The van der Waals surface area contributed by atoms with E-state index in [0.29, 0.717) is 24.8 Å². The first-order chi connectivity index (χ1) is 13.8. The van der Waals surface area contributed by atoms with Crippen molar-refractivity contribution in [2.75, 3.05) is 5.75 Å². The molecule has 0 amide bonds. The summed E-state index contributed by atoms with van der Waals surface area (Å²) in [6.45, 7) is 0. The molecule has 0 saturated heterocycles. The molecule has 2 aliphatic rings. The van der Waals surface area contributed by atoms with Gasteiger partial charge in [0, 0.05) is 22.1 Å². The van der Waals surface area contributed by atoms with Gasteiger partial charge in [-0.1, -0.05) is 11.6 Å². The van der Waals surface area contributed by atoms with Gasteiger partial charge in [0.15, 0.2) is 15.6 Å². The lowest BCUT2D eigenvalue weighted by Crippen LogP contribution is -2.37. The largest absolute Gasteiger partial charge is 0.508 e. The van der Waals surface area contributed by atoms with Gasteiger partial charge in [0.25, 0.3) is 0 Å². The maximum absolute atomic E-state index is 13.3. The Hall–Kier alpha value is -1.83. The van der Waals surface area contributed by atoms with E-state index in [1.807, 2.05) is 0 Å². The molecule has 1 heterocycles. The molecule has 1 fully saturated rings. The van der Waals surface area contributed by atoms with Gasteiger partial charge in [0.2, 0.25) is 0 Å². The molecule has 152 valence electrons. The molecule has 2 aromatic rings. The lowest BCUT2D eigenvalue weighted by Gasteiger charge is -2.29. The number of halogens is 1. The second kappa shape index (κ2) is 7.78. The number of rotatable bonds is 4. The Morgan fingerprint density at radius 1 is 1.10 bits per heavy atom. The molecule has 1 saturated carbocycles. The number of thioether (sulfide) groups is 1. The minimum atomic E-state index is -3.35. The highest BCUT2D eigenvalue weighted by atomic mass is 35.5. The molecular weight excluding hydrogens is 432 g/mol. The number of carbonyl (C=O) groups excluding carboxylic acids is 2. The number of aromatic hydroxyl groups is 1. The molecule has 4 rings (SSSR count). The van der Waals surface area contributed by atoms with Crippen molar-refractivity contribution in [1.29, 1.82) is 0 Å². The number of hydrogen-bond acceptors (Lipinski definition) is 6. The van der Waals surface area contributed by atoms with Crippen LogP contribution in [0.25, 0.3) is 0 Å². The van der Waals surface area contributed by atoms with Gasteiger partial charge in [0.05, 0.1) is 21.6 Å². The summed E-state index contributed by atoms with van der Waals surface area (Å²) in [5.74, 6) is -1.14. The average molecular weight is 451 g/mol. The fraction of sp³-hybridized carbons (Fsp3) is 0.333. The monoisotopic (exact) mass is 450 g/mol. The standard InChI is InChI=1S/C21H19ClO5S2/c22-20-14-10-11-29(26,27)18(14)9-8-15(20)21(25)19-16(24)2-1-3-17(19)28-13-6-4-12(23)5-7-13/h4-9,17,19,23H,1-3,10-11H2. The molecule has 0 aromatic heterocycles. The zero-order chi connectivity index (χ0) is 20.8. The van der Waals surface area contributed by atoms with Crippen LogP contribution in [0.1, 0.15) is 35.2 Å². The molecule has 8 heteroatoms. The van der Waals surface area contributed by atoms with Gasteiger partial charge >= 0.3 is 0 Å². The van der Waals surface area contributed by atoms with Gasteiger partial charge in [-0.15, -0.1) is 11.8 Å². The summed E-state index contributed by atoms with van der Waals surface area (Å²) >= 11 is 7.88. The van der Waals surface area contributed by atoms with E-state index in [1.54, 1.807) is 24.3 Å². The number of Topliss-reactive ketones (excluding diaryl/α,β-unsaturated/α-hetero) is 2. The first-order valence-corrected chi connectivity index (χ1v) is 12.3. The van der Waals surface area contributed by atoms with E-state index >= 15 is 0 Å². The van der Waals surface area contributed by atoms with Crippen LogP contribution in [-0.2, 0) is 21.1 Å². The zero-order valence-corrected chi connectivity index (χ0v) is 17.8. The number of benzene rings is 2. The summed E-state index contributed by atoms with van der Waals surface area (Å²) in [5.41, 5.74) is 0.697. The summed E-state index contributed by atoms with van der Waals surface area (Å²) in [4.78, 5) is 27.1. The van der Waals surface area contributed by atoms with Crippen LogP contribution < -0.4 is 0 Å². The molecule has 1 aliphatic carbocycles. The number of phenolic OH excluding ortho intramolecular Hbond substituents is 1. The number of sulfone groups is 1. The fourth-order valence-corrected chi connectivity index (χ4v) is 7.28. The molecule has 0 bridgehead atoms. The van der Waals surface area contributed by atoms with Crippen molar-refractivity contribution in [3.8, 4) is 5.75 Å². The number of carbonyl (C=O) groups is 2. The lowest BCUT2D eigenvalue weighted by atomic mass is 9.82. The molecule has 2 unspecified atom stereocenters. The van der Waals surface area contributed by atoms with Crippen molar-refractivity contribution in [2.24, 2.45) is 5.92 Å².